The van der Waals surface area contributed by atoms with E-state index in [0.717, 1.165) is 23.5 Å². The number of nitrogens with one attached hydrogen (secondary N) is 1. The lowest BCUT2D eigenvalue weighted by molar-refractivity contribution is -0.137. The zero-order valence-electron chi connectivity index (χ0n) is 12.1. The number of hydrogen-bond donors (Lipinski definition) is 1. The lowest BCUT2D eigenvalue weighted by atomic mass is 10.2. The molecule has 0 aliphatic carbocycles. The molecule has 0 atom stereocenters. The normalized spacial score (nSPS) is 11.7. The van der Waals surface area contributed by atoms with Crippen molar-refractivity contribution in [1.82, 2.24) is 4.98 Å². The molecule has 2 aromatic rings. The monoisotopic (exact) mass is 308 g/mol. The summed E-state index contributed by atoms with van der Waals surface area (Å²) in [5.74, 6) is 0.245. The minimum atomic E-state index is -4.39. The highest BCUT2D eigenvalue weighted by atomic mass is 19.4. The van der Waals surface area contributed by atoms with Gasteiger partial charge >= 0.3 is 6.18 Å². The average Bonchev–Trinajstić information content (AvgIpc) is 2.47. The second-order valence-electron chi connectivity index (χ2n) is 4.79. The van der Waals surface area contributed by atoms with Crippen LogP contribution in [0.15, 0.2) is 47.7 Å². The van der Waals surface area contributed by atoms with Gasteiger partial charge in [-0.1, -0.05) is 12.1 Å². The molecule has 0 aliphatic heterocycles. The lowest BCUT2D eigenvalue weighted by Crippen LogP contribution is -2.08. The maximum Gasteiger partial charge on any atom is 0.417 e. The summed E-state index contributed by atoms with van der Waals surface area (Å²) in [6.45, 7) is 0. The zero-order chi connectivity index (χ0) is 16.2. The summed E-state index contributed by atoms with van der Waals surface area (Å²) in [6, 6.07) is 9.85. The summed E-state index contributed by atoms with van der Waals surface area (Å²) >= 11 is 0. The molecule has 0 amide bonds. The number of halogens is 3. The van der Waals surface area contributed by atoms with Crippen LogP contribution in [0.25, 0.3) is 0 Å². The molecular formula is C15H15F3N4. The van der Waals surface area contributed by atoms with Gasteiger partial charge in [-0.2, -0.15) is 18.3 Å². The fourth-order valence-corrected chi connectivity index (χ4v) is 1.66. The molecule has 0 fully saturated rings. The summed E-state index contributed by atoms with van der Waals surface area (Å²) < 4.78 is 37.2. The first-order valence-corrected chi connectivity index (χ1v) is 6.46. The molecule has 7 heteroatoms. The highest BCUT2D eigenvalue weighted by Crippen LogP contribution is 2.28. The highest BCUT2D eigenvalue weighted by molar-refractivity contribution is 5.80. The van der Waals surface area contributed by atoms with Crippen LogP contribution >= 0.6 is 0 Å². The van der Waals surface area contributed by atoms with Crippen LogP contribution in [0.4, 0.5) is 24.7 Å². The minimum Gasteiger partial charge on any atom is -0.378 e. The molecule has 0 saturated carbocycles. The van der Waals surface area contributed by atoms with Crippen molar-refractivity contribution in [2.75, 3.05) is 24.4 Å². The number of hydrogen-bond acceptors (Lipinski definition) is 4. The lowest BCUT2D eigenvalue weighted by Gasteiger charge is -2.11. The highest BCUT2D eigenvalue weighted by Gasteiger charge is 2.30. The summed E-state index contributed by atoms with van der Waals surface area (Å²) in [5.41, 5.74) is 3.73. The van der Waals surface area contributed by atoms with Crippen molar-refractivity contribution in [3.63, 3.8) is 0 Å². The van der Waals surface area contributed by atoms with Crippen molar-refractivity contribution in [2.24, 2.45) is 5.10 Å². The third kappa shape index (κ3) is 4.21. The third-order valence-electron chi connectivity index (χ3n) is 2.89. The van der Waals surface area contributed by atoms with E-state index in [1.54, 1.807) is 6.21 Å². The number of rotatable bonds is 4. The second-order valence-corrected chi connectivity index (χ2v) is 4.79. The smallest absolute Gasteiger partial charge is 0.378 e. The van der Waals surface area contributed by atoms with E-state index in [1.165, 1.54) is 6.07 Å². The molecule has 1 aromatic heterocycles. The van der Waals surface area contributed by atoms with E-state index in [0.29, 0.717) is 0 Å². The number of aromatic nitrogens is 1. The van der Waals surface area contributed by atoms with Gasteiger partial charge in [-0.05, 0) is 29.8 Å². The number of hydrazone groups is 1. The molecule has 1 N–H and O–H groups in total. The first kappa shape index (κ1) is 15.8. The Kier molecular flexibility index (Phi) is 4.65. The number of pyridine rings is 1. The topological polar surface area (TPSA) is 40.5 Å². The molecule has 0 spiro atoms. The molecule has 0 saturated heterocycles. The molecule has 22 heavy (non-hydrogen) atoms. The van der Waals surface area contributed by atoms with Crippen LogP contribution in [-0.2, 0) is 6.18 Å². The number of nitrogens with zero attached hydrogens (tertiary/aromatic N) is 3. The Hall–Kier alpha value is -2.57. The van der Waals surface area contributed by atoms with Crippen molar-refractivity contribution in [3.8, 4) is 0 Å². The van der Waals surface area contributed by atoms with Crippen molar-refractivity contribution in [3.05, 3.63) is 53.7 Å². The number of benzene rings is 1. The fraction of sp³-hybridized carbons (Fsp3) is 0.200. The molecule has 1 heterocycles. The van der Waals surface area contributed by atoms with Crippen molar-refractivity contribution < 1.29 is 13.2 Å². The van der Waals surface area contributed by atoms with E-state index in [9.17, 15) is 13.2 Å². The summed E-state index contributed by atoms with van der Waals surface area (Å²) in [6.07, 6.45) is -2.05. The van der Waals surface area contributed by atoms with Gasteiger partial charge in [0.25, 0.3) is 0 Å². The summed E-state index contributed by atoms with van der Waals surface area (Å²) in [4.78, 5) is 5.64. The Bertz CT molecular complexity index is 631. The van der Waals surface area contributed by atoms with Gasteiger partial charge in [0.15, 0.2) is 0 Å². The maximum atomic E-state index is 12.4. The van der Waals surface area contributed by atoms with Gasteiger partial charge in [-0.25, -0.2) is 4.98 Å². The molecule has 0 aliphatic rings. The van der Waals surface area contributed by atoms with Crippen LogP contribution in [0.3, 0.4) is 0 Å². The van der Waals surface area contributed by atoms with E-state index >= 15 is 0 Å². The second kappa shape index (κ2) is 6.46. The predicted octanol–water partition coefficient (Wildman–Crippen LogP) is 3.61. The average molecular weight is 308 g/mol. The summed E-state index contributed by atoms with van der Waals surface area (Å²) in [5, 5.41) is 3.95. The van der Waals surface area contributed by atoms with Gasteiger partial charge < -0.3 is 4.90 Å². The van der Waals surface area contributed by atoms with Crippen LogP contribution in [0.2, 0.25) is 0 Å². The predicted molar refractivity (Wildman–Crippen MR) is 81.2 cm³/mol. The maximum absolute atomic E-state index is 12.4. The molecule has 0 bridgehead atoms. The van der Waals surface area contributed by atoms with E-state index in [2.05, 4.69) is 15.5 Å². The van der Waals surface area contributed by atoms with Crippen molar-refractivity contribution in [1.29, 1.82) is 0 Å². The van der Waals surface area contributed by atoms with Crippen LogP contribution in [0, 0.1) is 0 Å². The van der Waals surface area contributed by atoms with E-state index in [1.807, 2.05) is 43.3 Å². The Morgan fingerprint density at radius 2 is 1.77 bits per heavy atom. The third-order valence-corrected chi connectivity index (χ3v) is 2.89. The Morgan fingerprint density at radius 3 is 2.27 bits per heavy atom. The largest absolute Gasteiger partial charge is 0.417 e. The Labute approximate surface area is 126 Å². The van der Waals surface area contributed by atoms with Crippen LogP contribution < -0.4 is 10.3 Å². The first-order valence-electron chi connectivity index (χ1n) is 6.46. The van der Waals surface area contributed by atoms with Gasteiger partial charge in [-0.3, -0.25) is 5.43 Å². The Balaban J connectivity index is 1.97. The van der Waals surface area contributed by atoms with E-state index in [4.69, 9.17) is 0 Å². The zero-order valence-corrected chi connectivity index (χ0v) is 12.1. The quantitative estimate of drug-likeness (QED) is 0.693. The van der Waals surface area contributed by atoms with Gasteiger partial charge in [0, 0.05) is 26.0 Å². The number of anilines is 2. The van der Waals surface area contributed by atoms with Crippen LogP contribution in [0.5, 0.6) is 0 Å². The molecule has 2 rings (SSSR count). The SMILES string of the molecule is CN(C)c1ccc(C=NNc2ccc(C(F)(F)F)cn2)cc1. The molecular weight excluding hydrogens is 293 g/mol. The van der Waals surface area contributed by atoms with E-state index < -0.39 is 11.7 Å². The first-order chi connectivity index (χ1) is 10.4. The molecule has 116 valence electrons. The summed E-state index contributed by atoms with van der Waals surface area (Å²) in [7, 11) is 3.89. The van der Waals surface area contributed by atoms with Gasteiger partial charge in [0.2, 0.25) is 0 Å². The minimum absolute atomic E-state index is 0.245. The van der Waals surface area contributed by atoms with Crippen LogP contribution in [-0.4, -0.2) is 25.3 Å². The molecule has 0 unspecified atom stereocenters. The fourth-order valence-electron chi connectivity index (χ4n) is 1.66. The van der Waals surface area contributed by atoms with Gasteiger partial charge in [0.1, 0.15) is 5.82 Å². The number of alkyl halides is 3. The van der Waals surface area contributed by atoms with Crippen molar-refractivity contribution >= 4 is 17.7 Å². The van der Waals surface area contributed by atoms with Gasteiger partial charge in [-0.15, -0.1) is 0 Å². The molecule has 4 nitrogen and oxygen atoms in total. The molecule has 0 radical (unpaired) electrons. The molecule has 1 aromatic carbocycles. The van der Waals surface area contributed by atoms with E-state index in [-0.39, 0.29) is 5.82 Å². The van der Waals surface area contributed by atoms with Crippen LogP contribution in [0.1, 0.15) is 11.1 Å². The Morgan fingerprint density at radius 1 is 1.09 bits per heavy atom. The standard InChI is InChI=1S/C15H15F3N4/c1-22(2)13-6-3-11(4-7-13)9-20-21-14-8-5-12(10-19-14)15(16,17)18/h3-10H,1-2H3,(H,19,21). The van der Waals surface area contributed by atoms with Crippen molar-refractivity contribution in [2.45, 2.75) is 6.18 Å². The van der Waals surface area contributed by atoms with Gasteiger partial charge in [0.05, 0.1) is 11.8 Å².